The van der Waals surface area contributed by atoms with E-state index in [4.69, 9.17) is 11.6 Å². The predicted octanol–water partition coefficient (Wildman–Crippen LogP) is 8.31. The number of rotatable bonds is 6. The Labute approximate surface area is 164 Å². The first kappa shape index (κ1) is 19.9. The smallest absolute Gasteiger partial charge is 0.142 e. The molecule has 0 amide bonds. The summed E-state index contributed by atoms with van der Waals surface area (Å²) in [5.41, 5.74) is 1.14. The predicted molar refractivity (Wildman–Crippen MR) is 110 cm³/mol. The maximum atomic E-state index is 13.7. The van der Waals surface area contributed by atoms with E-state index in [9.17, 15) is 4.39 Å². The fourth-order valence-corrected chi connectivity index (χ4v) is 5.22. The number of benzene rings is 1. The average molecular weight is 377 g/mol. The molecule has 1 aromatic rings. The van der Waals surface area contributed by atoms with Gasteiger partial charge in [-0.15, -0.1) is 0 Å². The Morgan fingerprint density at radius 2 is 1.50 bits per heavy atom. The summed E-state index contributed by atoms with van der Waals surface area (Å²) in [6.07, 6.45) is 19.5. The van der Waals surface area contributed by atoms with Gasteiger partial charge in [0.05, 0.1) is 5.02 Å². The standard InChI is InChI=1S/C24H34ClF/c1-2-3-4-18-5-7-19(8-6-18)9-10-20-11-13-21(14-12-20)22-15-16-23(25)24(26)17-22/h2-3,15-21H,4-14H2,1H3/b3-2+. The van der Waals surface area contributed by atoms with Crippen LogP contribution in [0.1, 0.15) is 89.0 Å². The van der Waals surface area contributed by atoms with Crippen molar-refractivity contribution in [1.82, 2.24) is 0 Å². The van der Waals surface area contributed by atoms with Crippen molar-refractivity contribution in [2.24, 2.45) is 17.8 Å². The minimum Gasteiger partial charge on any atom is -0.205 e. The summed E-state index contributed by atoms with van der Waals surface area (Å²) in [7, 11) is 0. The van der Waals surface area contributed by atoms with Gasteiger partial charge in [0.2, 0.25) is 0 Å². The van der Waals surface area contributed by atoms with Crippen LogP contribution in [0, 0.1) is 23.6 Å². The minimum absolute atomic E-state index is 0.239. The molecule has 0 N–H and O–H groups in total. The molecule has 26 heavy (non-hydrogen) atoms. The molecule has 0 unspecified atom stereocenters. The number of hydrogen-bond donors (Lipinski definition) is 0. The Morgan fingerprint density at radius 1 is 0.923 bits per heavy atom. The van der Waals surface area contributed by atoms with Gasteiger partial charge in [0.25, 0.3) is 0 Å². The summed E-state index contributed by atoms with van der Waals surface area (Å²) >= 11 is 5.81. The third kappa shape index (κ3) is 5.59. The highest BCUT2D eigenvalue weighted by atomic mass is 35.5. The van der Waals surface area contributed by atoms with Crippen LogP contribution in [0.5, 0.6) is 0 Å². The summed E-state index contributed by atoms with van der Waals surface area (Å²) in [6.45, 7) is 2.13. The van der Waals surface area contributed by atoms with E-state index in [-0.39, 0.29) is 10.8 Å². The third-order valence-electron chi connectivity index (χ3n) is 6.92. The van der Waals surface area contributed by atoms with E-state index in [1.165, 1.54) is 70.6 Å². The van der Waals surface area contributed by atoms with E-state index in [2.05, 4.69) is 19.1 Å². The zero-order valence-corrected chi connectivity index (χ0v) is 17.0. The van der Waals surface area contributed by atoms with Gasteiger partial charge in [-0.2, -0.15) is 0 Å². The Kier molecular flexibility index (Phi) is 7.61. The second-order valence-corrected chi connectivity index (χ2v) is 9.07. The molecule has 1 aromatic carbocycles. The van der Waals surface area contributed by atoms with E-state index in [0.717, 1.165) is 23.3 Å². The molecule has 2 fully saturated rings. The maximum absolute atomic E-state index is 13.7. The number of halogens is 2. The first-order valence-electron chi connectivity index (χ1n) is 10.7. The Hall–Kier alpha value is -0.820. The van der Waals surface area contributed by atoms with Gasteiger partial charge in [-0.25, -0.2) is 4.39 Å². The molecule has 0 radical (unpaired) electrons. The van der Waals surface area contributed by atoms with Crippen molar-refractivity contribution in [3.63, 3.8) is 0 Å². The van der Waals surface area contributed by atoms with Crippen molar-refractivity contribution in [3.8, 4) is 0 Å². The zero-order valence-electron chi connectivity index (χ0n) is 16.2. The summed E-state index contributed by atoms with van der Waals surface area (Å²) in [4.78, 5) is 0. The molecular formula is C24H34ClF. The van der Waals surface area contributed by atoms with Crippen LogP contribution >= 0.6 is 11.6 Å². The monoisotopic (exact) mass is 376 g/mol. The Morgan fingerprint density at radius 3 is 2.08 bits per heavy atom. The number of hydrogen-bond acceptors (Lipinski definition) is 0. The molecule has 2 aliphatic rings. The fraction of sp³-hybridized carbons (Fsp3) is 0.667. The zero-order chi connectivity index (χ0) is 18.4. The summed E-state index contributed by atoms with van der Waals surface area (Å²) in [5, 5.41) is 0.239. The van der Waals surface area contributed by atoms with Gasteiger partial charge < -0.3 is 0 Å². The maximum Gasteiger partial charge on any atom is 0.142 e. The van der Waals surface area contributed by atoms with E-state index >= 15 is 0 Å². The van der Waals surface area contributed by atoms with Gasteiger partial charge in [0, 0.05) is 0 Å². The van der Waals surface area contributed by atoms with Crippen LogP contribution in [-0.2, 0) is 0 Å². The molecular weight excluding hydrogens is 343 g/mol. The van der Waals surface area contributed by atoms with Gasteiger partial charge in [0.1, 0.15) is 5.82 Å². The van der Waals surface area contributed by atoms with Crippen LogP contribution in [-0.4, -0.2) is 0 Å². The van der Waals surface area contributed by atoms with Crippen molar-refractivity contribution in [3.05, 3.63) is 46.8 Å². The van der Waals surface area contributed by atoms with Gasteiger partial charge in [0.15, 0.2) is 0 Å². The van der Waals surface area contributed by atoms with Crippen LogP contribution in [0.4, 0.5) is 4.39 Å². The van der Waals surface area contributed by atoms with Crippen LogP contribution in [0.25, 0.3) is 0 Å². The van der Waals surface area contributed by atoms with Crippen LogP contribution in [0.2, 0.25) is 5.02 Å². The molecule has 0 atom stereocenters. The lowest BCUT2D eigenvalue weighted by Crippen LogP contribution is -2.17. The molecule has 0 aromatic heterocycles. The van der Waals surface area contributed by atoms with E-state index in [1.54, 1.807) is 12.1 Å². The molecule has 2 aliphatic carbocycles. The lowest BCUT2D eigenvalue weighted by atomic mass is 9.74. The molecule has 0 spiro atoms. The highest BCUT2D eigenvalue weighted by Crippen LogP contribution is 2.40. The van der Waals surface area contributed by atoms with Gasteiger partial charge >= 0.3 is 0 Å². The average Bonchev–Trinajstić information content (AvgIpc) is 2.68. The second kappa shape index (κ2) is 9.93. The van der Waals surface area contributed by atoms with Crippen LogP contribution in [0.3, 0.4) is 0 Å². The molecule has 0 bridgehead atoms. The van der Waals surface area contributed by atoms with E-state index in [1.807, 2.05) is 6.07 Å². The van der Waals surface area contributed by atoms with Crippen molar-refractivity contribution < 1.29 is 4.39 Å². The van der Waals surface area contributed by atoms with Gasteiger partial charge in [-0.1, -0.05) is 55.5 Å². The lowest BCUT2D eigenvalue weighted by molar-refractivity contribution is 0.231. The number of allylic oxidation sites excluding steroid dienone is 2. The SMILES string of the molecule is C/C=C/CC1CCC(CCC2CCC(c3ccc(Cl)c(F)c3)CC2)CC1. The Balaban J connectivity index is 1.36. The topological polar surface area (TPSA) is 0 Å². The van der Waals surface area contributed by atoms with Gasteiger partial charge in [-0.05, 0) is 93.2 Å². The van der Waals surface area contributed by atoms with E-state index < -0.39 is 0 Å². The second-order valence-electron chi connectivity index (χ2n) is 8.66. The van der Waals surface area contributed by atoms with Crippen molar-refractivity contribution in [2.75, 3.05) is 0 Å². The van der Waals surface area contributed by atoms with Crippen molar-refractivity contribution in [1.29, 1.82) is 0 Å². The van der Waals surface area contributed by atoms with Gasteiger partial charge in [-0.3, -0.25) is 0 Å². The quantitative estimate of drug-likeness (QED) is 0.438. The fourth-order valence-electron chi connectivity index (χ4n) is 5.11. The first-order chi connectivity index (χ1) is 12.7. The highest BCUT2D eigenvalue weighted by Gasteiger charge is 2.25. The normalized spacial score (nSPS) is 30.0. The molecule has 144 valence electrons. The lowest BCUT2D eigenvalue weighted by Gasteiger charge is -2.32. The van der Waals surface area contributed by atoms with Crippen molar-refractivity contribution in [2.45, 2.75) is 83.5 Å². The third-order valence-corrected chi connectivity index (χ3v) is 7.22. The van der Waals surface area contributed by atoms with E-state index in [0.29, 0.717) is 5.92 Å². The first-order valence-corrected chi connectivity index (χ1v) is 11.1. The highest BCUT2D eigenvalue weighted by molar-refractivity contribution is 6.30. The summed E-state index contributed by atoms with van der Waals surface area (Å²) < 4.78 is 13.7. The molecule has 2 heteroatoms. The molecule has 3 rings (SSSR count). The molecule has 0 heterocycles. The molecule has 0 saturated heterocycles. The Bertz CT molecular complexity index is 578. The van der Waals surface area contributed by atoms with Crippen LogP contribution in [0.15, 0.2) is 30.4 Å². The minimum atomic E-state index is -0.267. The molecule has 0 nitrogen and oxygen atoms in total. The summed E-state index contributed by atoms with van der Waals surface area (Å²) in [6, 6.07) is 5.38. The largest absolute Gasteiger partial charge is 0.205 e. The van der Waals surface area contributed by atoms with Crippen molar-refractivity contribution >= 4 is 11.6 Å². The molecule has 2 saturated carbocycles. The summed E-state index contributed by atoms with van der Waals surface area (Å²) in [5.74, 6) is 3.07. The van der Waals surface area contributed by atoms with Crippen LogP contribution < -0.4 is 0 Å². The molecule has 0 aliphatic heterocycles.